The van der Waals surface area contributed by atoms with E-state index in [1.54, 1.807) is 0 Å². The molecule has 2 N–H and O–H groups in total. The molecule has 2 heterocycles. The minimum Gasteiger partial charge on any atom is -0.378 e. The third kappa shape index (κ3) is 2.80. The molecule has 0 saturated carbocycles. The summed E-state index contributed by atoms with van der Waals surface area (Å²) in [5, 5.41) is 0. The van der Waals surface area contributed by atoms with Gasteiger partial charge in [-0.25, -0.2) is 0 Å². The lowest BCUT2D eigenvalue weighted by Gasteiger charge is -2.16. The monoisotopic (exact) mass is 220 g/mol. The highest BCUT2D eigenvalue weighted by atomic mass is 16.5. The van der Waals surface area contributed by atoms with Crippen molar-refractivity contribution < 1.29 is 4.74 Å². The van der Waals surface area contributed by atoms with Gasteiger partial charge in [-0.1, -0.05) is 6.07 Å². The average molecular weight is 220 g/mol. The lowest BCUT2D eigenvalue weighted by molar-refractivity contribution is 0.101. The van der Waals surface area contributed by atoms with Crippen molar-refractivity contribution in [2.75, 3.05) is 6.61 Å². The second-order valence-corrected chi connectivity index (χ2v) is 4.50. The Morgan fingerprint density at radius 3 is 3.19 bits per heavy atom. The van der Waals surface area contributed by atoms with Crippen LogP contribution in [0.5, 0.6) is 0 Å². The van der Waals surface area contributed by atoms with Gasteiger partial charge in [-0.3, -0.25) is 4.98 Å². The van der Waals surface area contributed by atoms with Crippen LogP contribution in [0.15, 0.2) is 18.3 Å². The van der Waals surface area contributed by atoms with E-state index in [-0.39, 0.29) is 6.04 Å². The molecular formula is C13H20N2O. The maximum absolute atomic E-state index is 6.18. The van der Waals surface area contributed by atoms with Gasteiger partial charge in [-0.2, -0.15) is 0 Å². The molecular weight excluding hydrogens is 200 g/mol. The maximum Gasteiger partial charge on any atom is 0.0576 e. The van der Waals surface area contributed by atoms with Crippen LogP contribution in [0.1, 0.15) is 43.0 Å². The minimum absolute atomic E-state index is 0.0953. The third-order valence-electron chi connectivity index (χ3n) is 3.27. The number of aromatic nitrogens is 1. The van der Waals surface area contributed by atoms with E-state index in [4.69, 9.17) is 10.5 Å². The predicted molar refractivity (Wildman–Crippen MR) is 64.1 cm³/mol. The molecule has 1 aliphatic heterocycles. The fraction of sp³-hybridized carbons (Fsp3) is 0.615. The van der Waals surface area contributed by atoms with Gasteiger partial charge in [0.05, 0.1) is 6.10 Å². The van der Waals surface area contributed by atoms with E-state index < -0.39 is 0 Å². The Morgan fingerprint density at radius 2 is 2.50 bits per heavy atom. The molecule has 2 rings (SSSR count). The zero-order valence-corrected chi connectivity index (χ0v) is 9.86. The normalized spacial score (nSPS) is 22.2. The predicted octanol–water partition coefficient (Wildman–Crippen LogP) is 2.35. The molecule has 3 heteroatoms. The summed E-state index contributed by atoms with van der Waals surface area (Å²) in [6, 6.07) is 4.12. The summed E-state index contributed by atoms with van der Waals surface area (Å²) in [4.78, 5) is 4.27. The van der Waals surface area contributed by atoms with Gasteiger partial charge in [0, 0.05) is 24.5 Å². The smallest absolute Gasteiger partial charge is 0.0576 e. The first-order valence-electron chi connectivity index (χ1n) is 6.06. The number of pyridine rings is 1. The second kappa shape index (κ2) is 5.41. The standard InChI is InChI=1S/C13H20N2O/c1-10-12(5-2-8-15-10)13(14)7-6-11-4-3-9-16-11/h2,5,8,11,13H,3-4,6-7,9,14H2,1H3. The summed E-state index contributed by atoms with van der Waals surface area (Å²) >= 11 is 0. The summed E-state index contributed by atoms with van der Waals surface area (Å²) in [6.07, 6.45) is 6.69. The Bertz CT molecular complexity index is 334. The minimum atomic E-state index is 0.0953. The van der Waals surface area contributed by atoms with E-state index >= 15 is 0 Å². The van der Waals surface area contributed by atoms with Gasteiger partial charge in [-0.15, -0.1) is 0 Å². The Morgan fingerprint density at radius 1 is 1.62 bits per heavy atom. The summed E-state index contributed by atoms with van der Waals surface area (Å²) in [5.74, 6) is 0. The van der Waals surface area contributed by atoms with Crippen molar-refractivity contribution in [3.8, 4) is 0 Å². The molecule has 1 saturated heterocycles. The SMILES string of the molecule is Cc1ncccc1C(N)CCC1CCCO1. The van der Waals surface area contributed by atoms with Crippen LogP contribution in [0.4, 0.5) is 0 Å². The van der Waals surface area contributed by atoms with Gasteiger partial charge in [0.2, 0.25) is 0 Å². The highest BCUT2D eigenvalue weighted by molar-refractivity contribution is 5.21. The fourth-order valence-corrected chi connectivity index (χ4v) is 2.28. The maximum atomic E-state index is 6.18. The molecule has 16 heavy (non-hydrogen) atoms. The van der Waals surface area contributed by atoms with E-state index in [1.165, 1.54) is 18.4 Å². The number of nitrogens with zero attached hydrogens (tertiary/aromatic N) is 1. The van der Waals surface area contributed by atoms with E-state index in [0.717, 1.165) is 25.1 Å². The van der Waals surface area contributed by atoms with Crippen molar-refractivity contribution in [3.63, 3.8) is 0 Å². The van der Waals surface area contributed by atoms with Crippen LogP contribution < -0.4 is 5.73 Å². The molecule has 0 radical (unpaired) electrons. The van der Waals surface area contributed by atoms with Gasteiger partial charge in [0.25, 0.3) is 0 Å². The molecule has 2 atom stereocenters. The summed E-state index contributed by atoms with van der Waals surface area (Å²) < 4.78 is 5.60. The van der Waals surface area contributed by atoms with Crippen LogP contribution in [0, 0.1) is 6.92 Å². The lowest BCUT2D eigenvalue weighted by Crippen LogP contribution is -2.15. The van der Waals surface area contributed by atoms with Crippen molar-refractivity contribution in [3.05, 3.63) is 29.6 Å². The largest absolute Gasteiger partial charge is 0.378 e. The molecule has 1 aromatic rings. The van der Waals surface area contributed by atoms with Crippen LogP contribution in [0.2, 0.25) is 0 Å². The summed E-state index contributed by atoms with van der Waals surface area (Å²) in [7, 11) is 0. The number of rotatable bonds is 4. The molecule has 0 amide bonds. The third-order valence-corrected chi connectivity index (χ3v) is 3.27. The first-order valence-corrected chi connectivity index (χ1v) is 6.06. The van der Waals surface area contributed by atoms with Crippen LogP contribution >= 0.6 is 0 Å². The Balaban J connectivity index is 1.87. The highest BCUT2D eigenvalue weighted by Gasteiger charge is 2.17. The number of hydrogen-bond donors (Lipinski definition) is 1. The number of aryl methyl sites for hydroxylation is 1. The molecule has 1 aliphatic rings. The number of nitrogens with two attached hydrogens (primary N) is 1. The van der Waals surface area contributed by atoms with Crippen molar-refractivity contribution in [1.29, 1.82) is 0 Å². The van der Waals surface area contributed by atoms with E-state index in [1.807, 2.05) is 19.2 Å². The molecule has 0 spiro atoms. The van der Waals surface area contributed by atoms with Gasteiger partial charge in [0.15, 0.2) is 0 Å². The van der Waals surface area contributed by atoms with Crippen molar-refractivity contribution in [1.82, 2.24) is 4.98 Å². The number of hydrogen-bond acceptors (Lipinski definition) is 3. The van der Waals surface area contributed by atoms with Crippen LogP contribution in [0.3, 0.4) is 0 Å². The Hall–Kier alpha value is -0.930. The number of ether oxygens (including phenoxy) is 1. The van der Waals surface area contributed by atoms with Crippen molar-refractivity contribution >= 4 is 0 Å². The zero-order chi connectivity index (χ0) is 11.4. The Labute approximate surface area is 97.0 Å². The van der Waals surface area contributed by atoms with E-state index in [0.29, 0.717) is 6.10 Å². The molecule has 0 bridgehead atoms. The van der Waals surface area contributed by atoms with E-state index in [9.17, 15) is 0 Å². The first-order chi connectivity index (χ1) is 7.77. The molecule has 88 valence electrons. The van der Waals surface area contributed by atoms with Gasteiger partial charge in [-0.05, 0) is 44.2 Å². The molecule has 0 aromatic carbocycles. The average Bonchev–Trinajstić information content (AvgIpc) is 2.79. The van der Waals surface area contributed by atoms with Crippen LogP contribution in [-0.4, -0.2) is 17.7 Å². The Kier molecular flexibility index (Phi) is 3.91. The fourth-order valence-electron chi connectivity index (χ4n) is 2.28. The second-order valence-electron chi connectivity index (χ2n) is 4.50. The summed E-state index contributed by atoms with van der Waals surface area (Å²) in [5.41, 5.74) is 8.39. The van der Waals surface area contributed by atoms with Gasteiger partial charge >= 0.3 is 0 Å². The van der Waals surface area contributed by atoms with Gasteiger partial charge in [0.1, 0.15) is 0 Å². The molecule has 0 aliphatic carbocycles. The van der Waals surface area contributed by atoms with Crippen molar-refractivity contribution in [2.24, 2.45) is 5.73 Å². The molecule has 1 aromatic heterocycles. The van der Waals surface area contributed by atoms with E-state index in [2.05, 4.69) is 11.1 Å². The van der Waals surface area contributed by atoms with Crippen LogP contribution in [-0.2, 0) is 4.74 Å². The first kappa shape index (κ1) is 11.6. The lowest BCUT2D eigenvalue weighted by atomic mass is 9.99. The van der Waals surface area contributed by atoms with Crippen LogP contribution in [0.25, 0.3) is 0 Å². The van der Waals surface area contributed by atoms with Crippen molar-refractivity contribution in [2.45, 2.75) is 44.8 Å². The highest BCUT2D eigenvalue weighted by Crippen LogP contribution is 2.23. The molecule has 3 nitrogen and oxygen atoms in total. The van der Waals surface area contributed by atoms with Gasteiger partial charge < -0.3 is 10.5 Å². The quantitative estimate of drug-likeness (QED) is 0.847. The topological polar surface area (TPSA) is 48.1 Å². The zero-order valence-electron chi connectivity index (χ0n) is 9.86. The molecule has 1 fully saturated rings. The summed E-state index contributed by atoms with van der Waals surface area (Å²) in [6.45, 7) is 2.94. The molecule has 2 unspecified atom stereocenters.